The number of hydrogen-bond donors (Lipinski definition) is 2. The fraction of sp³-hybridized carbons (Fsp3) is 0.421. The van der Waals surface area contributed by atoms with Crippen molar-refractivity contribution in [2.75, 3.05) is 18.4 Å². The lowest BCUT2D eigenvalue weighted by molar-refractivity contribution is -0.126. The minimum Gasteiger partial charge on any atom is -0.354 e. The second-order valence-corrected chi connectivity index (χ2v) is 7.96. The Morgan fingerprint density at radius 1 is 1.14 bits per heavy atom. The maximum Gasteiger partial charge on any atom is 0.286 e. The van der Waals surface area contributed by atoms with Crippen LogP contribution in [-0.2, 0) is 4.79 Å². The van der Waals surface area contributed by atoms with Crippen LogP contribution in [0.2, 0.25) is 0 Å². The summed E-state index contributed by atoms with van der Waals surface area (Å²) in [5.74, 6) is -0.963. The molecule has 0 unspecified atom stereocenters. The van der Waals surface area contributed by atoms with E-state index in [9.17, 15) is 14.4 Å². The van der Waals surface area contributed by atoms with Crippen molar-refractivity contribution in [2.45, 2.75) is 32.7 Å². The zero-order valence-electron chi connectivity index (χ0n) is 15.8. The molecule has 8 nitrogen and oxygen atoms in total. The highest BCUT2D eigenvalue weighted by Crippen LogP contribution is 2.21. The summed E-state index contributed by atoms with van der Waals surface area (Å²) in [7, 11) is 0. The summed E-state index contributed by atoms with van der Waals surface area (Å²) in [4.78, 5) is 38.9. The van der Waals surface area contributed by atoms with Crippen LogP contribution in [0.15, 0.2) is 30.3 Å². The number of anilines is 1. The number of para-hydroxylation sites is 1. The maximum atomic E-state index is 12.8. The summed E-state index contributed by atoms with van der Waals surface area (Å²) in [6.07, 6.45) is 1.51. The van der Waals surface area contributed by atoms with E-state index in [0.29, 0.717) is 18.8 Å². The fourth-order valence-corrected chi connectivity index (χ4v) is 3.73. The predicted molar refractivity (Wildman–Crippen MR) is 106 cm³/mol. The lowest BCUT2D eigenvalue weighted by Gasteiger charge is -2.31. The average Bonchev–Trinajstić information content (AvgIpc) is 3.18. The molecule has 148 valence electrons. The Hall–Kier alpha value is -2.81. The number of nitrogens with one attached hydrogen (secondary N) is 2. The molecule has 1 fully saturated rings. The second kappa shape index (κ2) is 8.92. The van der Waals surface area contributed by atoms with E-state index in [4.69, 9.17) is 0 Å². The summed E-state index contributed by atoms with van der Waals surface area (Å²) >= 11 is 0.956. The van der Waals surface area contributed by atoms with Gasteiger partial charge in [0.25, 0.3) is 11.8 Å². The molecule has 2 N–H and O–H groups in total. The van der Waals surface area contributed by atoms with Gasteiger partial charge in [-0.05, 0) is 38.8 Å². The van der Waals surface area contributed by atoms with Gasteiger partial charge in [0.05, 0.1) is 5.92 Å². The summed E-state index contributed by atoms with van der Waals surface area (Å²) in [6, 6.07) is 9.07. The van der Waals surface area contributed by atoms with Crippen LogP contribution in [0.25, 0.3) is 0 Å². The van der Waals surface area contributed by atoms with Crippen LogP contribution in [0.5, 0.6) is 0 Å². The molecule has 0 spiro atoms. The standard InChI is InChI=1S/C19H23N5O3S/c1-12(2)20-15(25)13-7-6-10-24(11-13)19(27)18-23-22-17(28-18)16(26)21-14-8-4-3-5-9-14/h3-5,8-9,12-13H,6-7,10-11H2,1-2H3,(H,20,25)(H,21,26)/t13-/m0/s1. The van der Waals surface area contributed by atoms with Crippen molar-refractivity contribution in [2.24, 2.45) is 5.92 Å². The number of hydrogen-bond acceptors (Lipinski definition) is 6. The van der Waals surface area contributed by atoms with Crippen LogP contribution in [0.1, 0.15) is 46.3 Å². The predicted octanol–water partition coefficient (Wildman–Crippen LogP) is 2.17. The fourth-order valence-electron chi connectivity index (χ4n) is 3.02. The van der Waals surface area contributed by atoms with Gasteiger partial charge in [0.2, 0.25) is 15.9 Å². The smallest absolute Gasteiger partial charge is 0.286 e. The molecule has 2 aromatic rings. The van der Waals surface area contributed by atoms with Gasteiger partial charge in [-0.1, -0.05) is 29.5 Å². The van der Waals surface area contributed by atoms with Gasteiger partial charge in [-0.3, -0.25) is 14.4 Å². The average molecular weight is 401 g/mol. The van der Waals surface area contributed by atoms with E-state index in [-0.39, 0.29) is 33.8 Å². The third-order valence-electron chi connectivity index (χ3n) is 4.34. The van der Waals surface area contributed by atoms with Gasteiger partial charge in [0.15, 0.2) is 0 Å². The first-order valence-electron chi connectivity index (χ1n) is 9.23. The van der Waals surface area contributed by atoms with Crippen LogP contribution in [0, 0.1) is 5.92 Å². The molecule has 1 aromatic carbocycles. The molecule has 1 saturated heterocycles. The third kappa shape index (κ3) is 4.92. The largest absolute Gasteiger partial charge is 0.354 e. The Morgan fingerprint density at radius 3 is 2.57 bits per heavy atom. The molecule has 1 atom stereocenters. The maximum absolute atomic E-state index is 12.8. The van der Waals surface area contributed by atoms with Gasteiger partial charge in [0.1, 0.15) is 0 Å². The van der Waals surface area contributed by atoms with E-state index < -0.39 is 5.91 Å². The van der Waals surface area contributed by atoms with Gasteiger partial charge in [-0.2, -0.15) is 0 Å². The first kappa shape index (κ1) is 19.9. The second-order valence-electron chi connectivity index (χ2n) is 6.99. The van der Waals surface area contributed by atoms with Crippen molar-refractivity contribution >= 4 is 34.7 Å². The number of aromatic nitrogens is 2. The van der Waals surface area contributed by atoms with Gasteiger partial charge in [0, 0.05) is 24.8 Å². The molecule has 0 aliphatic carbocycles. The topological polar surface area (TPSA) is 104 Å². The van der Waals surface area contributed by atoms with Gasteiger partial charge >= 0.3 is 0 Å². The summed E-state index contributed by atoms with van der Waals surface area (Å²) in [5.41, 5.74) is 0.644. The Balaban J connectivity index is 1.63. The number of rotatable bonds is 5. The number of piperidine rings is 1. The third-order valence-corrected chi connectivity index (χ3v) is 5.25. The molecule has 3 rings (SSSR count). The molecule has 1 aliphatic rings. The van der Waals surface area contributed by atoms with Crippen molar-refractivity contribution in [3.63, 3.8) is 0 Å². The molecule has 1 aromatic heterocycles. The number of carbonyl (C=O) groups is 3. The number of amides is 3. The summed E-state index contributed by atoms with van der Waals surface area (Å²) < 4.78 is 0. The quantitative estimate of drug-likeness (QED) is 0.799. The van der Waals surface area contributed by atoms with E-state index in [1.807, 2.05) is 32.0 Å². The number of carbonyl (C=O) groups excluding carboxylic acids is 3. The van der Waals surface area contributed by atoms with E-state index in [0.717, 1.165) is 24.2 Å². The Morgan fingerprint density at radius 2 is 1.86 bits per heavy atom. The highest BCUT2D eigenvalue weighted by molar-refractivity contribution is 7.15. The molecule has 0 radical (unpaired) electrons. The van der Waals surface area contributed by atoms with Crippen LogP contribution >= 0.6 is 11.3 Å². The number of benzene rings is 1. The van der Waals surface area contributed by atoms with Gasteiger partial charge in [-0.25, -0.2) is 0 Å². The van der Waals surface area contributed by atoms with Crippen LogP contribution in [-0.4, -0.2) is 52.0 Å². The molecule has 0 bridgehead atoms. The molecule has 1 aliphatic heterocycles. The molecule has 0 saturated carbocycles. The van der Waals surface area contributed by atoms with Gasteiger partial charge in [-0.15, -0.1) is 10.2 Å². The monoisotopic (exact) mass is 401 g/mol. The van der Waals surface area contributed by atoms with Crippen LogP contribution in [0.3, 0.4) is 0 Å². The zero-order chi connectivity index (χ0) is 20.1. The van der Waals surface area contributed by atoms with E-state index in [2.05, 4.69) is 20.8 Å². The van der Waals surface area contributed by atoms with Crippen molar-refractivity contribution in [1.82, 2.24) is 20.4 Å². The summed E-state index contributed by atoms with van der Waals surface area (Å²) in [6.45, 7) is 4.73. The zero-order valence-corrected chi connectivity index (χ0v) is 16.7. The van der Waals surface area contributed by atoms with Crippen LogP contribution < -0.4 is 10.6 Å². The summed E-state index contributed by atoms with van der Waals surface area (Å²) in [5, 5.41) is 13.6. The molecule has 2 heterocycles. The molecule has 3 amide bonds. The Kier molecular flexibility index (Phi) is 6.35. The van der Waals surface area contributed by atoms with Gasteiger partial charge < -0.3 is 15.5 Å². The Bertz CT molecular complexity index is 852. The highest BCUT2D eigenvalue weighted by atomic mass is 32.1. The van der Waals surface area contributed by atoms with Crippen molar-refractivity contribution in [3.05, 3.63) is 40.3 Å². The minimum atomic E-state index is -0.407. The van der Waals surface area contributed by atoms with Crippen LogP contribution in [0.4, 0.5) is 5.69 Å². The lowest BCUT2D eigenvalue weighted by Crippen LogP contribution is -2.46. The van der Waals surface area contributed by atoms with Crippen molar-refractivity contribution in [1.29, 1.82) is 0 Å². The SMILES string of the molecule is CC(C)NC(=O)[C@H]1CCCN(C(=O)c2nnc(C(=O)Nc3ccccc3)s2)C1. The van der Waals surface area contributed by atoms with Crippen molar-refractivity contribution < 1.29 is 14.4 Å². The van der Waals surface area contributed by atoms with E-state index >= 15 is 0 Å². The number of nitrogens with zero attached hydrogens (tertiary/aromatic N) is 3. The molecular weight excluding hydrogens is 378 g/mol. The Labute approximate surface area is 167 Å². The first-order chi connectivity index (χ1) is 13.4. The van der Waals surface area contributed by atoms with Crippen molar-refractivity contribution in [3.8, 4) is 0 Å². The molecular formula is C19H23N5O3S. The normalized spacial score (nSPS) is 16.7. The molecule has 28 heavy (non-hydrogen) atoms. The van der Waals surface area contributed by atoms with E-state index in [1.165, 1.54) is 0 Å². The molecule has 9 heteroatoms. The minimum absolute atomic E-state index is 0.0345. The number of likely N-dealkylation sites (tertiary alicyclic amines) is 1. The lowest BCUT2D eigenvalue weighted by atomic mass is 9.97. The van der Waals surface area contributed by atoms with E-state index in [1.54, 1.807) is 17.0 Å². The highest BCUT2D eigenvalue weighted by Gasteiger charge is 2.31. The first-order valence-corrected chi connectivity index (χ1v) is 10.0.